The molecule has 0 fully saturated rings. The molecule has 8 aromatic carbocycles. The first kappa shape index (κ1) is 28.3. The molecule has 1 aliphatic heterocycles. The Morgan fingerprint density at radius 2 is 1.14 bits per heavy atom. The van der Waals surface area contributed by atoms with Crippen molar-refractivity contribution in [3.05, 3.63) is 175 Å². The number of nitrogens with zero attached hydrogens (tertiary/aromatic N) is 2. The number of aromatic nitrogens is 1. The molecular weight excluding hydrogens is 623 g/mol. The lowest BCUT2D eigenvalue weighted by atomic mass is 9.88. The van der Waals surface area contributed by atoms with Gasteiger partial charge in [0.15, 0.2) is 0 Å². The Morgan fingerprint density at radius 1 is 0.529 bits per heavy atom. The number of benzene rings is 8. The lowest BCUT2D eigenvalue weighted by Crippen LogP contribution is -2.37. The quantitative estimate of drug-likeness (QED) is 0.206. The van der Waals surface area contributed by atoms with Crippen LogP contribution in [-0.4, -0.2) is 11.6 Å². The van der Waals surface area contributed by atoms with Crippen molar-refractivity contribution in [1.29, 1.82) is 0 Å². The Labute approximate surface area is 294 Å². The van der Waals surface area contributed by atoms with E-state index in [0.717, 1.165) is 38.9 Å². The summed E-state index contributed by atoms with van der Waals surface area (Å²) in [6.45, 7) is 0. The average Bonchev–Trinajstić information content (AvgIpc) is 3.75. The van der Waals surface area contributed by atoms with Crippen LogP contribution in [0.15, 0.2) is 168 Å². The minimum Gasteiger partial charge on any atom is -0.456 e. The van der Waals surface area contributed by atoms with Crippen molar-refractivity contribution >= 4 is 76.7 Å². The topological polar surface area (TPSA) is 33.3 Å². The summed E-state index contributed by atoms with van der Waals surface area (Å²) < 4.78 is 9.04. The van der Waals surface area contributed by atoms with E-state index in [0.29, 0.717) is 0 Å². The summed E-state index contributed by atoms with van der Waals surface area (Å²) in [5.41, 5.74) is 10.1. The first-order valence-electron chi connectivity index (χ1n) is 17.7. The van der Waals surface area contributed by atoms with E-state index in [1.165, 1.54) is 54.6 Å². The van der Waals surface area contributed by atoms with Crippen molar-refractivity contribution in [3.8, 4) is 5.69 Å². The molecule has 51 heavy (non-hydrogen) atoms. The number of hydrogen-bond donors (Lipinski definition) is 1. The van der Waals surface area contributed by atoms with Gasteiger partial charge in [-0.25, -0.2) is 0 Å². The molecule has 0 saturated heterocycles. The summed E-state index contributed by atoms with van der Waals surface area (Å²) in [7, 11) is 2.22. The van der Waals surface area contributed by atoms with Gasteiger partial charge >= 0.3 is 0 Å². The smallest absolute Gasteiger partial charge is 0.140 e. The van der Waals surface area contributed by atoms with E-state index in [1.54, 1.807) is 0 Å². The fourth-order valence-electron chi connectivity index (χ4n) is 8.85. The third-order valence-electron chi connectivity index (χ3n) is 11.1. The van der Waals surface area contributed by atoms with Gasteiger partial charge in [0.1, 0.15) is 11.2 Å². The molecule has 0 saturated carbocycles. The zero-order chi connectivity index (χ0) is 33.6. The second-order valence-electron chi connectivity index (χ2n) is 13.8. The lowest BCUT2D eigenvalue weighted by molar-refractivity contribution is 0.553. The third kappa shape index (κ3) is 4.08. The summed E-state index contributed by atoms with van der Waals surface area (Å²) in [6, 6.07) is 59.3. The maximum atomic E-state index is 6.59. The number of likely N-dealkylation sites (N-methyl/N-ethyl adjacent to an activating group) is 1. The highest BCUT2D eigenvalue weighted by molar-refractivity contribution is 6.28. The van der Waals surface area contributed by atoms with Gasteiger partial charge in [0.25, 0.3) is 0 Å². The van der Waals surface area contributed by atoms with Gasteiger partial charge < -0.3 is 19.2 Å². The number of hydrogen-bond acceptors (Lipinski definition) is 3. The summed E-state index contributed by atoms with van der Waals surface area (Å²) in [5.74, 6) is 0. The number of furan rings is 1. The summed E-state index contributed by atoms with van der Waals surface area (Å²) in [4.78, 5) is 2.42. The first-order valence-corrected chi connectivity index (χ1v) is 17.7. The molecule has 0 spiro atoms. The highest BCUT2D eigenvalue weighted by Crippen LogP contribution is 2.48. The van der Waals surface area contributed by atoms with Crippen molar-refractivity contribution < 1.29 is 4.42 Å². The van der Waals surface area contributed by atoms with Crippen molar-refractivity contribution in [1.82, 2.24) is 4.57 Å². The van der Waals surface area contributed by atoms with E-state index in [1.807, 2.05) is 6.07 Å². The zero-order valence-corrected chi connectivity index (χ0v) is 28.0. The SMILES string of the molecule is CN1c2ccccc2NC(c2cccc3c2oc2ccccc23)C1c1ccc(-n2c3ccc4ccccc4c3c3c4ccccc4ccc32)cc1. The molecule has 3 heterocycles. The molecule has 11 rings (SSSR count). The molecule has 0 amide bonds. The Hall–Kier alpha value is -6.52. The van der Waals surface area contributed by atoms with Gasteiger partial charge in [-0.15, -0.1) is 0 Å². The van der Waals surface area contributed by atoms with E-state index in [9.17, 15) is 0 Å². The van der Waals surface area contributed by atoms with Gasteiger partial charge in [-0.1, -0.05) is 121 Å². The maximum absolute atomic E-state index is 6.59. The van der Waals surface area contributed by atoms with Crippen molar-refractivity contribution in [3.63, 3.8) is 0 Å². The van der Waals surface area contributed by atoms with Crippen LogP contribution in [-0.2, 0) is 0 Å². The summed E-state index contributed by atoms with van der Waals surface area (Å²) in [6.07, 6.45) is 0. The fourth-order valence-corrected chi connectivity index (χ4v) is 8.85. The molecule has 4 nitrogen and oxygen atoms in total. The summed E-state index contributed by atoms with van der Waals surface area (Å²) in [5, 5.41) is 13.9. The van der Waals surface area contributed by atoms with E-state index < -0.39 is 0 Å². The van der Waals surface area contributed by atoms with E-state index in [2.05, 4.69) is 180 Å². The molecule has 1 aliphatic rings. The summed E-state index contributed by atoms with van der Waals surface area (Å²) >= 11 is 0. The van der Waals surface area contributed by atoms with Crippen LogP contribution in [0, 0.1) is 0 Å². The monoisotopic (exact) mass is 655 g/mol. The number of anilines is 2. The van der Waals surface area contributed by atoms with Crippen LogP contribution in [0.4, 0.5) is 11.4 Å². The van der Waals surface area contributed by atoms with E-state index in [-0.39, 0.29) is 12.1 Å². The minimum atomic E-state index is -0.0500. The molecule has 1 N–H and O–H groups in total. The minimum absolute atomic E-state index is 0.0128. The molecule has 0 bridgehead atoms. The van der Waals surface area contributed by atoms with Crippen molar-refractivity contribution in [2.24, 2.45) is 0 Å². The number of nitrogens with one attached hydrogen (secondary N) is 1. The molecule has 0 radical (unpaired) electrons. The van der Waals surface area contributed by atoms with Crippen LogP contribution in [0.5, 0.6) is 0 Å². The zero-order valence-electron chi connectivity index (χ0n) is 28.0. The van der Waals surface area contributed by atoms with Crippen LogP contribution in [0.2, 0.25) is 0 Å². The second-order valence-corrected chi connectivity index (χ2v) is 13.8. The van der Waals surface area contributed by atoms with Gasteiger partial charge in [0.05, 0.1) is 34.5 Å². The van der Waals surface area contributed by atoms with Crippen molar-refractivity contribution in [2.75, 3.05) is 17.3 Å². The number of para-hydroxylation sites is 4. The predicted octanol–water partition coefficient (Wildman–Crippen LogP) is 12.3. The predicted molar refractivity (Wildman–Crippen MR) is 213 cm³/mol. The Morgan fingerprint density at radius 3 is 1.86 bits per heavy atom. The molecule has 2 aromatic heterocycles. The molecule has 10 aromatic rings. The van der Waals surface area contributed by atoms with E-state index in [4.69, 9.17) is 4.42 Å². The van der Waals surface area contributed by atoms with Crippen LogP contribution < -0.4 is 10.2 Å². The van der Waals surface area contributed by atoms with Crippen molar-refractivity contribution in [2.45, 2.75) is 12.1 Å². The molecule has 2 unspecified atom stereocenters. The third-order valence-corrected chi connectivity index (χ3v) is 11.1. The highest BCUT2D eigenvalue weighted by atomic mass is 16.3. The van der Waals surface area contributed by atoms with Crippen LogP contribution in [0.3, 0.4) is 0 Å². The normalized spacial score (nSPS) is 16.1. The highest BCUT2D eigenvalue weighted by Gasteiger charge is 2.36. The second kappa shape index (κ2) is 10.7. The largest absolute Gasteiger partial charge is 0.456 e. The molecular formula is C47H33N3O. The van der Waals surface area contributed by atoms with Crippen LogP contribution in [0.1, 0.15) is 23.2 Å². The lowest BCUT2D eigenvalue weighted by Gasteiger charge is -2.43. The number of rotatable bonds is 3. The van der Waals surface area contributed by atoms with Gasteiger partial charge in [-0.05, 0) is 69.6 Å². The molecule has 4 heteroatoms. The van der Waals surface area contributed by atoms with Crippen LogP contribution >= 0.6 is 0 Å². The molecule has 2 atom stereocenters. The Bertz CT molecular complexity index is 2890. The van der Waals surface area contributed by atoms with Gasteiger partial charge in [0, 0.05) is 39.8 Å². The average molecular weight is 656 g/mol. The van der Waals surface area contributed by atoms with Gasteiger partial charge in [0.2, 0.25) is 0 Å². The molecule has 242 valence electrons. The van der Waals surface area contributed by atoms with Crippen LogP contribution in [0.25, 0.3) is 71.0 Å². The Kier molecular flexibility index (Phi) is 5.97. The van der Waals surface area contributed by atoms with Gasteiger partial charge in [-0.3, -0.25) is 0 Å². The number of fused-ring (bicyclic) bond motifs is 11. The van der Waals surface area contributed by atoms with Gasteiger partial charge in [-0.2, -0.15) is 0 Å². The molecule has 0 aliphatic carbocycles. The first-order chi connectivity index (χ1) is 25.2. The maximum Gasteiger partial charge on any atom is 0.140 e. The fraction of sp³-hybridized carbons (Fsp3) is 0.0638. The standard InChI is InChI=1S/C47H33N3O/c1-49-39-19-8-7-18-38(39)48-45(37-17-10-16-36-35-15-6-9-20-42(35)51-47(36)37)46(49)31-21-25-32(26-22-31)50-40-27-23-29-11-2-4-13-33(29)43(40)44-34-14-5-3-12-30(34)24-28-41(44)50/h2-28,45-46,48H,1H3. The van der Waals surface area contributed by atoms with E-state index >= 15 is 0 Å². The Balaban J connectivity index is 1.10.